The van der Waals surface area contributed by atoms with Gasteiger partial charge in [-0.25, -0.2) is 0 Å². The summed E-state index contributed by atoms with van der Waals surface area (Å²) in [6.07, 6.45) is 4.75. The van der Waals surface area contributed by atoms with Gasteiger partial charge in [0.1, 0.15) is 0 Å². The first-order valence-corrected chi connectivity index (χ1v) is 8.89. The lowest BCUT2D eigenvalue weighted by molar-refractivity contribution is -0.129. The standard InChI is InChI=1S/C17H22N4OS/c1-13(2)23-16-5-3-14(4-6-16)11-17(22)20-10-7-15(12-20)21-18-8-9-19-21/h3-6,8-9,13,15H,7,10-12H2,1-2H3. The molecule has 2 heterocycles. The smallest absolute Gasteiger partial charge is 0.227 e. The van der Waals surface area contributed by atoms with E-state index in [1.54, 1.807) is 17.2 Å². The maximum Gasteiger partial charge on any atom is 0.227 e. The molecule has 0 aliphatic carbocycles. The van der Waals surface area contributed by atoms with Crippen molar-refractivity contribution in [2.45, 2.75) is 42.9 Å². The second-order valence-electron chi connectivity index (χ2n) is 6.12. The van der Waals surface area contributed by atoms with E-state index < -0.39 is 0 Å². The Labute approximate surface area is 141 Å². The van der Waals surface area contributed by atoms with E-state index in [4.69, 9.17) is 0 Å². The molecule has 0 radical (unpaired) electrons. The van der Waals surface area contributed by atoms with Crippen LogP contribution in [0, 0.1) is 0 Å². The fourth-order valence-electron chi connectivity index (χ4n) is 2.82. The van der Waals surface area contributed by atoms with Crippen molar-refractivity contribution in [1.82, 2.24) is 19.9 Å². The van der Waals surface area contributed by atoms with Crippen molar-refractivity contribution in [2.24, 2.45) is 0 Å². The summed E-state index contributed by atoms with van der Waals surface area (Å²) in [5.74, 6) is 0.184. The summed E-state index contributed by atoms with van der Waals surface area (Å²) in [6, 6.07) is 8.54. The number of hydrogen-bond donors (Lipinski definition) is 0. The molecule has 1 atom stereocenters. The Bertz CT molecular complexity index is 639. The highest BCUT2D eigenvalue weighted by atomic mass is 32.2. The van der Waals surface area contributed by atoms with Gasteiger partial charge in [0.2, 0.25) is 5.91 Å². The molecule has 0 N–H and O–H groups in total. The molecular formula is C17H22N4OS. The van der Waals surface area contributed by atoms with Crippen molar-refractivity contribution in [1.29, 1.82) is 0 Å². The fourth-order valence-corrected chi connectivity index (χ4v) is 3.65. The molecule has 122 valence electrons. The quantitative estimate of drug-likeness (QED) is 0.791. The first-order valence-electron chi connectivity index (χ1n) is 8.01. The molecule has 1 aliphatic heterocycles. The van der Waals surface area contributed by atoms with E-state index in [-0.39, 0.29) is 11.9 Å². The van der Waals surface area contributed by atoms with E-state index in [1.807, 2.05) is 16.7 Å². The minimum absolute atomic E-state index is 0.184. The van der Waals surface area contributed by atoms with Crippen LogP contribution in [0.4, 0.5) is 0 Å². The zero-order valence-electron chi connectivity index (χ0n) is 13.6. The number of thioether (sulfide) groups is 1. The second-order valence-corrected chi connectivity index (χ2v) is 7.77. The van der Waals surface area contributed by atoms with Gasteiger partial charge in [0.25, 0.3) is 0 Å². The van der Waals surface area contributed by atoms with Crippen LogP contribution in [0.1, 0.15) is 31.9 Å². The van der Waals surface area contributed by atoms with Gasteiger partial charge >= 0.3 is 0 Å². The summed E-state index contributed by atoms with van der Waals surface area (Å²) in [4.78, 5) is 17.4. The van der Waals surface area contributed by atoms with Gasteiger partial charge < -0.3 is 4.90 Å². The molecule has 3 rings (SSSR count). The monoisotopic (exact) mass is 330 g/mol. The average molecular weight is 330 g/mol. The fraction of sp³-hybridized carbons (Fsp3) is 0.471. The average Bonchev–Trinajstić information content (AvgIpc) is 3.19. The summed E-state index contributed by atoms with van der Waals surface area (Å²) in [7, 11) is 0. The predicted octanol–water partition coefficient (Wildman–Crippen LogP) is 2.79. The van der Waals surface area contributed by atoms with E-state index in [2.05, 4.69) is 48.3 Å². The molecule has 1 unspecified atom stereocenters. The van der Waals surface area contributed by atoms with Crippen LogP contribution >= 0.6 is 11.8 Å². The predicted molar refractivity (Wildman–Crippen MR) is 91.4 cm³/mol. The largest absolute Gasteiger partial charge is 0.340 e. The number of nitrogens with zero attached hydrogens (tertiary/aromatic N) is 4. The number of likely N-dealkylation sites (tertiary alicyclic amines) is 1. The molecule has 0 bridgehead atoms. The number of aromatic nitrogens is 3. The molecule has 1 saturated heterocycles. The molecule has 1 amide bonds. The van der Waals surface area contributed by atoms with Crippen LogP contribution in [0.15, 0.2) is 41.6 Å². The molecule has 2 aromatic rings. The zero-order chi connectivity index (χ0) is 16.2. The van der Waals surface area contributed by atoms with Crippen LogP contribution in [0.3, 0.4) is 0 Å². The lowest BCUT2D eigenvalue weighted by atomic mass is 10.1. The molecule has 0 spiro atoms. The highest BCUT2D eigenvalue weighted by Gasteiger charge is 2.28. The van der Waals surface area contributed by atoms with Gasteiger partial charge in [-0.3, -0.25) is 4.79 Å². The Hall–Kier alpha value is -1.82. The Morgan fingerprint density at radius 3 is 2.61 bits per heavy atom. The van der Waals surface area contributed by atoms with Crippen LogP contribution in [0.2, 0.25) is 0 Å². The van der Waals surface area contributed by atoms with Crippen molar-refractivity contribution in [2.75, 3.05) is 13.1 Å². The second kappa shape index (κ2) is 7.17. The van der Waals surface area contributed by atoms with Gasteiger partial charge in [-0.15, -0.1) is 11.8 Å². The number of benzene rings is 1. The van der Waals surface area contributed by atoms with Gasteiger partial charge in [0, 0.05) is 23.2 Å². The zero-order valence-corrected chi connectivity index (χ0v) is 14.4. The van der Waals surface area contributed by atoms with Crippen LogP contribution in [0.25, 0.3) is 0 Å². The van der Waals surface area contributed by atoms with Crippen LogP contribution < -0.4 is 0 Å². The number of carbonyl (C=O) groups is 1. The van der Waals surface area contributed by atoms with E-state index in [1.165, 1.54) is 4.90 Å². The molecule has 1 aliphatic rings. The third-order valence-electron chi connectivity index (χ3n) is 3.93. The first-order chi connectivity index (χ1) is 11.1. The molecule has 1 fully saturated rings. The van der Waals surface area contributed by atoms with Crippen molar-refractivity contribution in [3.8, 4) is 0 Å². The lowest BCUT2D eigenvalue weighted by Gasteiger charge is -2.16. The van der Waals surface area contributed by atoms with Crippen LogP contribution in [-0.4, -0.2) is 44.1 Å². The molecule has 0 saturated carbocycles. The summed E-state index contributed by atoms with van der Waals surface area (Å²) in [6.45, 7) is 5.85. The van der Waals surface area contributed by atoms with Crippen molar-refractivity contribution < 1.29 is 4.79 Å². The van der Waals surface area contributed by atoms with E-state index in [0.29, 0.717) is 18.2 Å². The molecule has 1 aromatic heterocycles. The van der Waals surface area contributed by atoms with Crippen molar-refractivity contribution in [3.63, 3.8) is 0 Å². The molecule has 6 heteroatoms. The maximum atomic E-state index is 12.5. The van der Waals surface area contributed by atoms with E-state index in [9.17, 15) is 4.79 Å². The number of amides is 1. The Morgan fingerprint density at radius 1 is 1.26 bits per heavy atom. The van der Waals surface area contributed by atoms with Crippen LogP contribution in [0.5, 0.6) is 0 Å². The number of hydrogen-bond acceptors (Lipinski definition) is 4. The van der Waals surface area contributed by atoms with E-state index >= 15 is 0 Å². The SMILES string of the molecule is CC(C)Sc1ccc(CC(=O)N2CCC(n3nccn3)C2)cc1. The summed E-state index contributed by atoms with van der Waals surface area (Å²) in [5.41, 5.74) is 1.07. The van der Waals surface area contributed by atoms with Gasteiger partial charge in [-0.1, -0.05) is 26.0 Å². The summed E-state index contributed by atoms with van der Waals surface area (Å²) >= 11 is 1.84. The highest BCUT2D eigenvalue weighted by Crippen LogP contribution is 2.24. The molecule has 1 aromatic carbocycles. The highest BCUT2D eigenvalue weighted by molar-refractivity contribution is 7.99. The third-order valence-corrected chi connectivity index (χ3v) is 4.95. The van der Waals surface area contributed by atoms with Gasteiger partial charge in [-0.05, 0) is 24.1 Å². The lowest BCUT2D eigenvalue weighted by Crippen LogP contribution is -2.30. The van der Waals surface area contributed by atoms with Gasteiger partial charge in [0.05, 0.1) is 24.9 Å². The Morgan fingerprint density at radius 2 is 1.96 bits per heavy atom. The minimum Gasteiger partial charge on any atom is -0.340 e. The van der Waals surface area contributed by atoms with Crippen molar-refractivity contribution in [3.05, 3.63) is 42.2 Å². The minimum atomic E-state index is 0.184. The number of carbonyl (C=O) groups excluding carboxylic acids is 1. The van der Waals surface area contributed by atoms with Gasteiger partial charge in [-0.2, -0.15) is 15.0 Å². The third kappa shape index (κ3) is 4.13. The van der Waals surface area contributed by atoms with Crippen LogP contribution in [-0.2, 0) is 11.2 Å². The topological polar surface area (TPSA) is 51.0 Å². The molecule has 5 nitrogen and oxygen atoms in total. The first kappa shape index (κ1) is 16.1. The Balaban J connectivity index is 1.55. The molecular weight excluding hydrogens is 308 g/mol. The number of rotatable bonds is 5. The molecule has 23 heavy (non-hydrogen) atoms. The Kier molecular flexibility index (Phi) is 5.00. The maximum absolute atomic E-state index is 12.5. The van der Waals surface area contributed by atoms with Crippen molar-refractivity contribution >= 4 is 17.7 Å². The summed E-state index contributed by atoms with van der Waals surface area (Å²) < 4.78 is 0. The summed E-state index contributed by atoms with van der Waals surface area (Å²) in [5, 5.41) is 8.92. The van der Waals surface area contributed by atoms with Gasteiger partial charge in [0.15, 0.2) is 0 Å². The van der Waals surface area contributed by atoms with E-state index in [0.717, 1.165) is 18.5 Å². The normalized spacial score (nSPS) is 17.9.